The van der Waals surface area contributed by atoms with E-state index in [1.807, 2.05) is 30.3 Å². The Balaban J connectivity index is 1.85. The van der Waals surface area contributed by atoms with Gasteiger partial charge in [0.2, 0.25) is 5.91 Å². The molecule has 1 aliphatic rings. The summed E-state index contributed by atoms with van der Waals surface area (Å²) in [7, 11) is 1.39. The summed E-state index contributed by atoms with van der Waals surface area (Å²) in [6, 6.07) is 9.61. The number of amides is 1. The van der Waals surface area contributed by atoms with Gasteiger partial charge in [-0.25, -0.2) is 4.79 Å². The first-order chi connectivity index (χ1) is 12.8. The van der Waals surface area contributed by atoms with Crippen LogP contribution in [0, 0.1) is 11.3 Å². The molecular formula is C22H27NO3S. The van der Waals surface area contributed by atoms with E-state index in [1.54, 1.807) is 0 Å². The van der Waals surface area contributed by atoms with Gasteiger partial charge in [-0.15, -0.1) is 11.3 Å². The van der Waals surface area contributed by atoms with E-state index in [-0.39, 0.29) is 23.7 Å². The summed E-state index contributed by atoms with van der Waals surface area (Å²) in [6.07, 6.45) is 3.14. The highest BCUT2D eigenvalue weighted by molar-refractivity contribution is 7.17. The van der Waals surface area contributed by atoms with Gasteiger partial charge in [0.05, 0.1) is 19.1 Å². The van der Waals surface area contributed by atoms with Crippen LogP contribution in [0.2, 0.25) is 0 Å². The van der Waals surface area contributed by atoms with Gasteiger partial charge in [0.25, 0.3) is 0 Å². The van der Waals surface area contributed by atoms with Gasteiger partial charge >= 0.3 is 5.97 Å². The Kier molecular flexibility index (Phi) is 5.70. The zero-order chi connectivity index (χ0) is 19.6. The van der Waals surface area contributed by atoms with Crippen molar-refractivity contribution in [3.05, 3.63) is 51.9 Å². The Morgan fingerprint density at radius 3 is 2.56 bits per heavy atom. The minimum Gasteiger partial charge on any atom is -0.465 e. The third-order valence-corrected chi connectivity index (χ3v) is 6.51. The van der Waals surface area contributed by atoms with Crippen molar-refractivity contribution in [1.82, 2.24) is 0 Å². The number of thiophene rings is 1. The minimum atomic E-state index is -0.364. The number of fused-ring (bicyclic) bond motifs is 1. The summed E-state index contributed by atoms with van der Waals surface area (Å²) in [5.74, 6) is 0.0936. The van der Waals surface area contributed by atoms with Crippen LogP contribution >= 0.6 is 11.3 Å². The molecule has 1 aromatic carbocycles. The maximum absolute atomic E-state index is 12.5. The summed E-state index contributed by atoms with van der Waals surface area (Å²) in [4.78, 5) is 26.1. The summed E-state index contributed by atoms with van der Waals surface area (Å²) < 4.78 is 5.01. The van der Waals surface area contributed by atoms with Crippen molar-refractivity contribution in [2.75, 3.05) is 12.4 Å². The van der Waals surface area contributed by atoms with Gasteiger partial charge in [-0.2, -0.15) is 0 Å². The second-order valence-corrected chi connectivity index (χ2v) is 9.32. The van der Waals surface area contributed by atoms with E-state index in [0.717, 1.165) is 30.4 Å². The van der Waals surface area contributed by atoms with Gasteiger partial charge in [0.15, 0.2) is 0 Å². The van der Waals surface area contributed by atoms with E-state index in [9.17, 15) is 9.59 Å². The van der Waals surface area contributed by atoms with Gasteiger partial charge in [-0.1, -0.05) is 51.1 Å². The first-order valence-electron chi connectivity index (χ1n) is 9.36. The van der Waals surface area contributed by atoms with Crippen LogP contribution in [0.5, 0.6) is 0 Å². The van der Waals surface area contributed by atoms with Crippen LogP contribution in [0.3, 0.4) is 0 Å². The van der Waals surface area contributed by atoms with Gasteiger partial charge in [0.1, 0.15) is 5.00 Å². The van der Waals surface area contributed by atoms with Crippen LogP contribution in [-0.4, -0.2) is 19.0 Å². The molecule has 0 aliphatic heterocycles. The molecule has 0 radical (unpaired) electrons. The number of esters is 1. The van der Waals surface area contributed by atoms with E-state index in [4.69, 9.17) is 4.74 Å². The lowest BCUT2D eigenvalue weighted by Crippen LogP contribution is -2.26. The van der Waals surface area contributed by atoms with Crippen molar-refractivity contribution >= 4 is 28.2 Å². The lowest BCUT2D eigenvalue weighted by Gasteiger charge is -2.33. The van der Waals surface area contributed by atoms with E-state index < -0.39 is 0 Å². The van der Waals surface area contributed by atoms with E-state index in [2.05, 4.69) is 26.1 Å². The molecule has 1 N–H and O–H groups in total. The average molecular weight is 386 g/mol. The Bertz CT molecular complexity index is 833. The first-order valence-corrected chi connectivity index (χ1v) is 10.2. The molecule has 1 heterocycles. The van der Waals surface area contributed by atoms with Crippen molar-refractivity contribution in [3.63, 3.8) is 0 Å². The molecule has 4 nitrogen and oxygen atoms in total. The molecule has 0 unspecified atom stereocenters. The second kappa shape index (κ2) is 7.85. The molecule has 5 heteroatoms. The Labute approximate surface area is 164 Å². The van der Waals surface area contributed by atoms with Crippen LogP contribution in [0.25, 0.3) is 0 Å². The van der Waals surface area contributed by atoms with Crippen molar-refractivity contribution in [2.24, 2.45) is 11.3 Å². The summed E-state index contributed by atoms with van der Waals surface area (Å²) in [6.45, 7) is 6.79. The molecule has 27 heavy (non-hydrogen) atoms. The van der Waals surface area contributed by atoms with Crippen molar-refractivity contribution < 1.29 is 14.3 Å². The molecular weight excluding hydrogens is 358 g/mol. The topological polar surface area (TPSA) is 55.4 Å². The highest BCUT2D eigenvalue weighted by Crippen LogP contribution is 2.44. The first kappa shape index (κ1) is 19.6. The zero-order valence-electron chi connectivity index (χ0n) is 16.4. The van der Waals surface area contributed by atoms with Crippen LogP contribution in [0.15, 0.2) is 30.3 Å². The maximum Gasteiger partial charge on any atom is 0.341 e. The predicted molar refractivity (Wildman–Crippen MR) is 109 cm³/mol. The number of carbonyl (C=O) groups excluding carboxylic acids is 2. The molecule has 144 valence electrons. The molecule has 1 amide bonds. The average Bonchev–Trinajstić information content (AvgIpc) is 2.97. The lowest BCUT2D eigenvalue weighted by molar-refractivity contribution is -0.115. The summed E-state index contributed by atoms with van der Waals surface area (Å²) in [5.41, 5.74) is 2.78. The molecule has 1 aliphatic carbocycles. The number of hydrogen-bond acceptors (Lipinski definition) is 4. The van der Waals surface area contributed by atoms with Crippen molar-refractivity contribution in [1.29, 1.82) is 0 Å². The number of ether oxygens (including phenoxy) is 1. The number of nitrogens with one attached hydrogen (secondary N) is 1. The normalized spacial score (nSPS) is 16.5. The molecule has 0 spiro atoms. The predicted octanol–water partition coefficient (Wildman–Crippen LogP) is 4.87. The van der Waals surface area contributed by atoms with E-state index >= 15 is 0 Å². The molecule has 0 saturated carbocycles. The van der Waals surface area contributed by atoms with Crippen LogP contribution in [0.1, 0.15) is 53.6 Å². The molecule has 3 rings (SSSR count). The second-order valence-electron chi connectivity index (χ2n) is 8.22. The minimum absolute atomic E-state index is 0.114. The molecule has 1 atom stereocenters. The Morgan fingerprint density at radius 2 is 1.93 bits per heavy atom. The number of rotatable bonds is 4. The molecule has 0 saturated heterocycles. The largest absolute Gasteiger partial charge is 0.465 e. The fourth-order valence-corrected chi connectivity index (χ4v) is 5.01. The smallest absolute Gasteiger partial charge is 0.341 e. The molecule has 2 aromatic rings. The molecule has 0 fully saturated rings. The highest BCUT2D eigenvalue weighted by Gasteiger charge is 2.34. The van der Waals surface area contributed by atoms with Crippen molar-refractivity contribution in [2.45, 2.75) is 46.5 Å². The van der Waals surface area contributed by atoms with Crippen molar-refractivity contribution in [3.8, 4) is 0 Å². The standard InChI is InChI=1S/C22H27NO3S/c1-22(2,3)15-10-11-16-17(13-15)27-20(19(16)21(25)26-4)23-18(24)12-14-8-6-5-7-9-14/h5-9,15H,10-13H2,1-4H3,(H,23,24)/t15-/m1/s1. The van der Waals surface area contributed by atoms with E-state index in [0.29, 0.717) is 16.5 Å². The van der Waals surface area contributed by atoms with Gasteiger partial charge in [-0.3, -0.25) is 4.79 Å². The van der Waals surface area contributed by atoms with Crippen LogP contribution < -0.4 is 5.32 Å². The lowest BCUT2D eigenvalue weighted by atomic mass is 9.72. The number of hydrogen-bond donors (Lipinski definition) is 1. The molecule has 1 aromatic heterocycles. The maximum atomic E-state index is 12.5. The SMILES string of the molecule is COC(=O)c1c(NC(=O)Cc2ccccc2)sc2c1CC[C@@H](C(C)(C)C)C2. The fraction of sp³-hybridized carbons (Fsp3) is 0.455. The third-order valence-electron chi connectivity index (χ3n) is 5.34. The highest BCUT2D eigenvalue weighted by atomic mass is 32.1. The summed E-state index contributed by atoms with van der Waals surface area (Å²) >= 11 is 1.53. The zero-order valence-corrected chi connectivity index (χ0v) is 17.2. The number of benzene rings is 1. The molecule has 0 bridgehead atoms. The Hall–Kier alpha value is -2.14. The van der Waals surface area contributed by atoms with Gasteiger partial charge in [-0.05, 0) is 41.7 Å². The van der Waals surface area contributed by atoms with Crippen LogP contribution in [0.4, 0.5) is 5.00 Å². The monoisotopic (exact) mass is 385 g/mol. The Morgan fingerprint density at radius 1 is 1.22 bits per heavy atom. The van der Waals surface area contributed by atoms with Gasteiger partial charge in [0, 0.05) is 4.88 Å². The third kappa shape index (κ3) is 4.41. The number of methoxy groups -OCH3 is 1. The van der Waals surface area contributed by atoms with Gasteiger partial charge < -0.3 is 10.1 Å². The number of anilines is 1. The fourth-order valence-electron chi connectivity index (χ4n) is 3.68. The van der Waals surface area contributed by atoms with E-state index in [1.165, 1.54) is 23.3 Å². The van der Waals surface area contributed by atoms with Crippen LogP contribution in [-0.2, 0) is 28.8 Å². The summed E-state index contributed by atoms with van der Waals surface area (Å²) in [5, 5.41) is 3.59. The number of carbonyl (C=O) groups is 2. The quantitative estimate of drug-likeness (QED) is 0.764.